The highest BCUT2D eigenvalue weighted by Gasteiger charge is 2.36. The normalized spacial score (nSPS) is 11.3. The van der Waals surface area contributed by atoms with Crippen molar-refractivity contribution in [1.29, 1.82) is 0 Å². The Kier molecular flexibility index (Phi) is 8.26. The van der Waals surface area contributed by atoms with E-state index in [0.29, 0.717) is 12.3 Å². The van der Waals surface area contributed by atoms with Gasteiger partial charge in [0.05, 0.1) is 23.0 Å². The number of nitrogens with one attached hydrogen (secondary N) is 1. The van der Waals surface area contributed by atoms with Gasteiger partial charge in [0.1, 0.15) is 22.9 Å². The first-order valence-electron chi connectivity index (χ1n) is 9.34. The van der Waals surface area contributed by atoms with E-state index in [2.05, 4.69) is 48.8 Å². The van der Waals surface area contributed by atoms with Gasteiger partial charge in [-0.1, -0.05) is 32.0 Å². The molecule has 3 aromatic heterocycles. The largest absolute Gasteiger partial charge is 0.418 e. The molecule has 7 nitrogen and oxygen atoms in total. The van der Waals surface area contributed by atoms with Crippen molar-refractivity contribution in [3.8, 4) is 11.4 Å². The van der Waals surface area contributed by atoms with E-state index in [9.17, 15) is 26.3 Å². The highest BCUT2D eigenvalue weighted by atomic mass is 35.5. The molecule has 0 bridgehead atoms. The van der Waals surface area contributed by atoms with Crippen LogP contribution in [0.25, 0.3) is 17.1 Å². The van der Waals surface area contributed by atoms with Crippen LogP contribution in [0.5, 0.6) is 0 Å². The molecule has 0 spiro atoms. The van der Waals surface area contributed by atoms with Crippen LogP contribution >= 0.6 is 11.6 Å². The predicted molar refractivity (Wildman–Crippen MR) is 116 cm³/mol. The Morgan fingerprint density at radius 3 is 2.21 bits per heavy atom. The summed E-state index contributed by atoms with van der Waals surface area (Å²) in [5, 5.41) is 9.02. The summed E-state index contributed by atoms with van der Waals surface area (Å²) in [7, 11) is 0. The fraction of sp³-hybridized carbons (Fsp3) is 0.200. The van der Waals surface area contributed by atoms with E-state index in [1.807, 2.05) is 13.8 Å². The summed E-state index contributed by atoms with van der Waals surface area (Å²) in [6.45, 7) is 11.0. The lowest BCUT2D eigenvalue weighted by Crippen LogP contribution is -2.11. The van der Waals surface area contributed by atoms with E-state index in [-0.39, 0.29) is 28.7 Å². The van der Waals surface area contributed by atoms with Crippen LogP contribution in [0.2, 0.25) is 5.15 Å². The molecule has 1 N–H and O–H groups in total. The Morgan fingerprint density at radius 1 is 1.00 bits per heavy atom. The number of alkyl halides is 6. The summed E-state index contributed by atoms with van der Waals surface area (Å²) in [4.78, 5) is 15.2. The number of hydrogen-bond acceptors (Lipinski definition) is 7. The van der Waals surface area contributed by atoms with Gasteiger partial charge in [-0.15, -0.1) is 10.2 Å². The van der Waals surface area contributed by atoms with Gasteiger partial charge in [-0.25, -0.2) is 19.9 Å². The average molecular weight is 504 g/mol. The van der Waals surface area contributed by atoms with Crippen LogP contribution < -0.4 is 5.32 Å². The van der Waals surface area contributed by atoms with Crippen molar-refractivity contribution in [2.75, 3.05) is 5.32 Å². The molecule has 3 aromatic rings. The summed E-state index contributed by atoms with van der Waals surface area (Å²) in [6, 6.07) is 2.47. The van der Waals surface area contributed by atoms with Crippen LogP contribution in [0, 0.1) is 0 Å². The Morgan fingerprint density at radius 2 is 1.68 bits per heavy atom. The van der Waals surface area contributed by atoms with Crippen LogP contribution in [0.1, 0.15) is 30.7 Å². The Labute approximate surface area is 194 Å². The zero-order chi connectivity index (χ0) is 25.7. The number of hydrogen-bond donors (Lipinski definition) is 1. The molecule has 0 radical (unpaired) electrons. The summed E-state index contributed by atoms with van der Waals surface area (Å²) in [6.07, 6.45) is -7.75. The van der Waals surface area contributed by atoms with Crippen molar-refractivity contribution >= 4 is 35.7 Å². The third-order valence-corrected chi connectivity index (χ3v) is 4.06. The number of aromatic nitrogens is 5. The van der Waals surface area contributed by atoms with Crippen molar-refractivity contribution in [3.63, 3.8) is 0 Å². The Bertz CT molecular complexity index is 1180. The molecule has 34 heavy (non-hydrogen) atoms. The number of aliphatic imine (C=N–C) groups is 1. The smallest absolute Gasteiger partial charge is 0.339 e. The molecule has 14 heteroatoms. The third-order valence-electron chi connectivity index (χ3n) is 3.87. The van der Waals surface area contributed by atoms with Gasteiger partial charge in [0.15, 0.2) is 11.0 Å². The average Bonchev–Trinajstić information content (AvgIpc) is 2.79. The first-order valence-corrected chi connectivity index (χ1v) is 9.72. The number of pyridine rings is 1. The molecular weight excluding hydrogens is 488 g/mol. The van der Waals surface area contributed by atoms with Gasteiger partial charge in [0, 0.05) is 6.20 Å². The molecule has 0 aromatic carbocycles. The summed E-state index contributed by atoms with van der Waals surface area (Å²) in [5.74, 6) is -0.205. The minimum atomic E-state index is -4.80. The molecule has 180 valence electrons. The molecule has 0 aliphatic carbocycles. The maximum Gasteiger partial charge on any atom is 0.418 e. The molecule has 0 atom stereocenters. The van der Waals surface area contributed by atoms with E-state index in [4.69, 9.17) is 11.6 Å². The van der Waals surface area contributed by atoms with E-state index < -0.39 is 34.3 Å². The zero-order valence-electron chi connectivity index (χ0n) is 17.6. The number of anilines is 1. The molecule has 3 rings (SSSR count). The van der Waals surface area contributed by atoms with E-state index in [1.165, 1.54) is 0 Å². The quantitative estimate of drug-likeness (QED) is 0.317. The summed E-state index contributed by atoms with van der Waals surface area (Å²) >= 11 is 5.52. The molecule has 0 fully saturated rings. The monoisotopic (exact) mass is 503 g/mol. The fourth-order valence-corrected chi connectivity index (χ4v) is 2.59. The van der Waals surface area contributed by atoms with Gasteiger partial charge in [-0.05, 0) is 24.9 Å². The van der Waals surface area contributed by atoms with Gasteiger partial charge in [0.2, 0.25) is 0 Å². The van der Waals surface area contributed by atoms with Crippen molar-refractivity contribution in [2.45, 2.75) is 26.2 Å². The fourth-order valence-electron chi connectivity index (χ4n) is 2.44. The zero-order valence-corrected chi connectivity index (χ0v) is 18.4. The number of rotatable bonds is 5. The van der Waals surface area contributed by atoms with E-state index in [1.54, 1.807) is 0 Å². The first-order chi connectivity index (χ1) is 15.9. The van der Waals surface area contributed by atoms with Crippen molar-refractivity contribution < 1.29 is 26.3 Å². The van der Waals surface area contributed by atoms with Gasteiger partial charge in [0.25, 0.3) is 0 Å². The number of halogens is 7. The van der Waals surface area contributed by atoms with Crippen LogP contribution in [-0.2, 0) is 12.4 Å². The van der Waals surface area contributed by atoms with Gasteiger partial charge in [-0.2, -0.15) is 26.3 Å². The molecule has 0 saturated carbocycles. The van der Waals surface area contributed by atoms with Crippen LogP contribution in [-0.4, -0.2) is 31.9 Å². The molecule has 0 saturated heterocycles. The molecule has 0 aliphatic rings. The molecule has 0 aliphatic heterocycles. The lowest BCUT2D eigenvalue weighted by molar-refractivity contribution is -0.138. The molecule has 0 amide bonds. The standard InChI is InChI=1S/C18H10ClF6N7.C2H6/c1-8(29-13-4-3-9(6-27-13)17(20,21)22)14-16(26-2)30-11(7-28-14)15-10(18(23,24)25)5-12(19)31-32-15;1-2/h3-7H,1-2H2,(H,27,29);1-2H3. The SMILES string of the molecule is C=Nc1nc(-c2nnc(Cl)cc2C(F)(F)F)cnc1C(=C)Nc1ccc(C(F)(F)F)cn1.CC. The Hall–Kier alpha value is -3.61. The van der Waals surface area contributed by atoms with Crippen molar-refractivity contribution in [3.05, 3.63) is 59.1 Å². The van der Waals surface area contributed by atoms with Crippen molar-refractivity contribution in [2.24, 2.45) is 4.99 Å². The molecule has 0 unspecified atom stereocenters. The molecular formula is C20H16ClF6N7. The minimum Gasteiger partial charge on any atom is -0.339 e. The van der Waals surface area contributed by atoms with Crippen LogP contribution in [0.4, 0.5) is 38.0 Å². The van der Waals surface area contributed by atoms with Gasteiger partial charge in [-0.3, -0.25) is 0 Å². The van der Waals surface area contributed by atoms with Crippen molar-refractivity contribution in [1.82, 2.24) is 25.1 Å². The highest BCUT2D eigenvalue weighted by molar-refractivity contribution is 6.29. The second kappa shape index (κ2) is 10.5. The predicted octanol–water partition coefficient (Wildman–Crippen LogP) is 6.46. The van der Waals surface area contributed by atoms with Gasteiger partial charge < -0.3 is 5.32 Å². The van der Waals surface area contributed by atoms with Crippen LogP contribution in [0.15, 0.2) is 42.2 Å². The first kappa shape index (κ1) is 26.6. The minimum absolute atomic E-state index is 0.00631. The van der Waals surface area contributed by atoms with E-state index >= 15 is 0 Å². The second-order valence-electron chi connectivity index (χ2n) is 6.05. The Balaban J connectivity index is 0.00000199. The summed E-state index contributed by atoms with van der Waals surface area (Å²) in [5.41, 5.74) is -3.09. The maximum atomic E-state index is 13.3. The lowest BCUT2D eigenvalue weighted by atomic mass is 10.1. The topological polar surface area (TPSA) is 88.8 Å². The lowest BCUT2D eigenvalue weighted by Gasteiger charge is -2.13. The summed E-state index contributed by atoms with van der Waals surface area (Å²) < 4.78 is 77.9. The second-order valence-corrected chi connectivity index (χ2v) is 6.43. The molecule has 3 heterocycles. The highest BCUT2D eigenvalue weighted by Crippen LogP contribution is 2.37. The third kappa shape index (κ3) is 6.25. The van der Waals surface area contributed by atoms with Crippen LogP contribution in [0.3, 0.4) is 0 Å². The van der Waals surface area contributed by atoms with E-state index in [0.717, 1.165) is 18.3 Å². The maximum absolute atomic E-state index is 13.3. The number of nitrogens with zero attached hydrogens (tertiary/aromatic N) is 6. The van der Waals surface area contributed by atoms with Gasteiger partial charge >= 0.3 is 12.4 Å².